The fourth-order valence-corrected chi connectivity index (χ4v) is 1.99. The molecule has 0 aromatic heterocycles. The van der Waals surface area contributed by atoms with E-state index in [4.69, 9.17) is 5.11 Å². The lowest BCUT2D eigenvalue weighted by Gasteiger charge is -2.39. The quantitative estimate of drug-likeness (QED) is 0.581. The Balaban J connectivity index is 1.78. The molecule has 2 heterocycles. The monoisotopic (exact) mass is 184 g/mol. The molecule has 1 amide bonds. The molecule has 0 spiro atoms. The van der Waals surface area contributed by atoms with Crippen LogP contribution in [0.3, 0.4) is 0 Å². The van der Waals surface area contributed by atoms with E-state index in [-0.39, 0.29) is 18.4 Å². The lowest BCUT2D eigenvalue weighted by Crippen LogP contribution is -2.53. The van der Waals surface area contributed by atoms with Gasteiger partial charge in [0.25, 0.3) is 0 Å². The van der Waals surface area contributed by atoms with Crippen LogP contribution in [0, 0.1) is 11.8 Å². The molecule has 4 heteroatoms. The molecule has 4 nitrogen and oxygen atoms in total. The van der Waals surface area contributed by atoms with Gasteiger partial charge in [0, 0.05) is 32.2 Å². The molecule has 2 N–H and O–H groups in total. The summed E-state index contributed by atoms with van der Waals surface area (Å²) in [6, 6.07) is 0. The second-order valence-corrected chi connectivity index (χ2v) is 3.98. The number of likely N-dealkylation sites (tertiary alicyclic amines) is 1. The highest BCUT2D eigenvalue weighted by molar-refractivity contribution is 5.80. The van der Waals surface area contributed by atoms with Gasteiger partial charge in [0.2, 0.25) is 5.91 Å². The first-order valence-corrected chi connectivity index (χ1v) is 4.91. The zero-order valence-corrected chi connectivity index (χ0v) is 7.70. The van der Waals surface area contributed by atoms with Crippen molar-refractivity contribution in [1.82, 2.24) is 10.2 Å². The summed E-state index contributed by atoms with van der Waals surface area (Å²) in [5.74, 6) is 0.799. The maximum Gasteiger partial charge on any atom is 0.227 e. The van der Waals surface area contributed by atoms with Crippen LogP contribution in [0.2, 0.25) is 0 Å². The van der Waals surface area contributed by atoms with Crippen LogP contribution >= 0.6 is 0 Å². The maximum atomic E-state index is 11.7. The Kier molecular flexibility index (Phi) is 2.51. The second kappa shape index (κ2) is 3.64. The predicted molar refractivity (Wildman–Crippen MR) is 48.1 cm³/mol. The van der Waals surface area contributed by atoms with Crippen molar-refractivity contribution in [1.29, 1.82) is 0 Å². The molecule has 74 valence electrons. The molecule has 2 aliphatic rings. The Morgan fingerprint density at radius 1 is 1.54 bits per heavy atom. The summed E-state index contributed by atoms with van der Waals surface area (Å²) in [6.45, 7) is 3.52. The van der Waals surface area contributed by atoms with Crippen molar-refractivity contribution in [2.24, 2.45) is 11.8 Å². The normalized spacial score (nSPS) is 29.0. The van der Waals surface area contributed by atoms with Crippen molar-refractivity contribution >= 4 is 5.91 Å². The lowest BCUT2D eigenvalue weighted by molar-refractivity contribution is -0.142. The highest BCUT2D eigenvalue weighted by Gasteiger charge is 2.34. The van der Waals surface area contributed by atoms with Crippen molar-refractivity contribution < 1.29 is 9.90 Å². The molecule has 0 bridgehead atoms. The Morgan fingerprint density at radius 2 is 2.31 bits per heavy atom. The first kappa shape index (κ1) is 8.97. The maximum absolute atomic E-state index is 11.7. The minimum Gasteiger partial charge on any atom is -0.396 e. The van der Waals surface area contributed by atoms with E-state index in [0.717, 1.165) is 32.6 Å². The predicted octanol–water partition coefficient (Wildman–Crippen LogP) is -0.953. The molecule has 1 atom stereocenters. The summed E-state index contributed by atoms with van der Waals surface area (Å²) in [5, 5.41) is 12.0. The van der Waals surface area contributed by atoms with Crippen molar-refractivity contribution in [3.63, 3.8) is 0 Å². The highest BCUT2D eigenvalue weighted by atomic mass is 16.3. The van der Waals surface area contributed by atoms with E-state index in [1.807, 2.05) is 4.90 Å². The van der Waals surface area contributed by atoms with Gasteiger partial charge in [0.1, 0.15) is 0 Å². The third-order valence-corrected chi connectivity index (χ3v) is 2.94. The van der Waals surface area contributed by atoms with Gasteiger partial charge in [-0.1, -0.05) is 0 Å². The molecular formula is C9H16N2O2. The highest BCUT2D eigenvalue weighted by Crippen LogP contribution is 2.20. The molecule has 13 heavy (non-hydrogen) atoms. The van der Waals surface area contributed by atoms with Crippen molar-refractivity contribution in [3.05, 3.63) is 0 Å². The Morgan fingerprint density at radius 3 is 2.85 bits per heavy atom. The van der Waals surface area contributed by atoms with E-state index in [1.165, 1.54) is 0 Å². The van der Waals surface area contributed by atoms with Crippen molar-refractivity contribution in [2.75, 3.05) is 32.8 Å². The molecule has 0 radical (unpaired) electrons. The number of amides is 1. The van der Waals surface area contributed by atoms with Gasteiger partial charge in [-0.3, -0.25) is 4.79 Å². The zero-order valence-electron chi connectivity index (χ0n) is 7.70. The fraction of sp³-hybridized carbons (Fsp3) is 0.889. The number of carbonyl (C=O) groups excluding carboxylic acids is 1. The van der Waals surface area contributed by atoms with E-state index in [2.05, 4.69) is 5.32 Å². The SMILES string of the molecule is O=C([C@@H]1CCNC1)N1CC(CO)C1. The zero-order chi connectivity index (χ0) is 9.26. The molecule has 0 unspecified atom stereocenters. The van der Waals surface area contributed by atoms with Gasteiger partial charge in [-0.05, 0) is 13.0 Å². The molecule has 0 aliphatic carbocycles. The molecule has 0 aromatic carbocycles. The average Bonchev–Trinajstić information content (AvgIpc) is 2.53. The summed E-state index contributed by atoms with van der Waals surface area (Å²) >= 11 is 0. The summed E-state index contributed by atoms with van der Waals surface area (Å²) in [4.78, 5) is 13.6. The number of aliphatic hydroxyl groups is 1. The minimum atomic E-state index is 0.194. The Hall–Kier alpha value is -0.610. The summed E-state index contributed by atoms with van der Waals surface area (Å²) in [5.41, 5.74) is 0. The van der Waals surface area contributed by atoms with Crippen LogP contribution < -0.4 is 5.32 Å². The molecule has 2 rings (SSSR count). The van der Waals surface area contributed by atoms with E-state index >= 15 is 0 Å². The fourth-order valence-electron chi connectivity index (χ4n) is 1.99. The van der Waals surface area contributed by atoms with Gasteiger partial charge >= 0.3 is 0 Å². The molecule has 2 saturated heterocycles. The van der Waals surface area contributed by atoms with E-state index in [1.54, 1.807) is 0 Å². The number of hydrogen-bond donors (Lipinski definition) is 2. The summed E-state index contributed by atoms with van der Waals surface area (Å²) in [6.07, 6.45) is 0.971. The standard InChI is InChI=1S/C9H16N2O2/c12-6-7-4-11(5-7)9(13)8-1-2-10-3-8/h7-8,10,12H,1-6H2/t8-/m1/s1. The first-order valence-electron chi connectivity index (χ1n) is 4.91. The van der Waals surface area contributed by atoms with Gasteiger partial charge in [-0.25, -0.2) is 0 Å². The van der Waals surface area contributed by atoms with Gasteiger partial charge in [-0.15, -0.1) is 0 Å². The third-order valence-electron chi connectivity index (χ3n) is 2.94. The van der Waals surface area contributed by atoms with Crippen LogP contribution in [0.15, 0.2) is 0 Å². The Bertz CT molecular complexity index is 196. The molecule has 0 aromatic rings. The molecule has 0 saturated carbocycles. The molecule has 2 aliphatic heterocycles. The van der Waals surface area contributed by atoms with Crippen LogP contribution in [-0.4, -0.2) is 48.7 Å². The topological polar surface area (TPSA) is 52.6 Å². The van der Waals surface area contributed by atoms with Crippen LogP contribution in [0.1, 0.15) is 6.42 Å². The van der Waals surface area contributed by atoms with E-state index < -0.39 is 0 Å². The van der Waals surface area contributed by atoms with Crippen LogP contribution in [0.25, 0.3) is 0 Å². The molecule has 2 fully saturated rings. The first-order chi connectivity index (χ1) is 6.31. The average molecular weight is 184 g/mol. The minimum absolute atomic E-state index is 0.194. The third kappa shape index (κ3) is 1.69. The second-order valence-electron chi connectivity index (χ2n) is 3.98. The number of aliphatic hydroxyl groups excluding tert-OH is 1. The summed E-state index contributed by atoms with van der Waals surface area (Å²) < 4.78 is 0. The van der Waals surface area contributed by atoms with Crippen LogP contribution in [0.5, 0.6) is 0 Å². The van der Waals surface area contributed by atoms with Crippen molar-refractivity contribution in [2.45, 2.75) is 6.42 Å². The van der Waals surface area contributed by atoms with Gasteiger partial charge in [0.15, 0.2) is 0 Å². The number of nitrogens with zero attached hydrogens (tertiary/aromatic N) is 1. The number of carbonyl (C=O) groups is 1. The van der Waals surface area contributed by atoms with E-state index in [0.29, 0.717) is 5.92 Å². The van der Waals surface area contributed by atoms with Crippen molar-refractivity contribution in [3.8, 4) is 0 Å². The smallest absolute Gasteiger partial charge is 0.227 e. The van der Waals surface area contributed by atoms with Gasteiger partial charge in [-0.2, -0.15) is 0 Å². The van der Waals surface area contributed by atoms with Gasteiger partial charge in [0.05, 0.1) is 5.92 Å². The Labute approximate surface area is 77.9 Å². The summed E-state index contributed by atoms with van der Waals surface area (Å²) in [7, 11) is 0. The van der Waals surface area contributed by atoms with Gasteiger partial charge < -0.3 is 15.3 Å². The van der Waals surface area contributed by atoms with E-state index in [9.17, 15) is 4.79 Å². The number of nitrogens with one attached hydrogen (secondary N) is 1. The van der Waals surface area contributed by atoms with Crippen LogP contribution in [0.4, 0.5) is 0 Å². The number of rotatable bonds is 2. The largest absolute Gasteiger partial charge is 0.396 e. The van der Waals surface area contributed by atoms with Crippen LogP contribution in [-0.2, 0) is 4.79 Å². The molecular weight excluding hydrogens is 168 g/mol. The lowest BCUT2D eigenvalue weighted by atomic mass is 9.97. The number of hydrogen-bond acceptors (Lipinski definition) is 3.